The van der Waals surface area contributed by atoms with E-state index in [2.05, 4.69) is 26.8 Å². The van der Waals surface area contributed by atoms with Gasteiger partial charge in [-0.3, -0.25) is 4.79 Å². The van der Waals surface area contributed by atoms with Gasteiger partial charge in [-0.25, -0.2) is 0 Å². The summed E-state index contributed by atoms with van der Waals surface area (Å²) in [5.41, 5.74) is 2.08. The van der Waals surface area contributed by atoms with E-state index in [0.29, 0.717) is 17.6 Å². The molecule has 0 bridgehead atoms. The molecule has 0 heterocycles. The van der Waals surface area contributed by atoms with Gasteiger partial charge in [0.05, 0.1) is 6.10 Å². The van der Waals surface area contributed by atoms with Gasteiger partial charge in [0.1, 0.15) is 5.78 Å². The molecule has 2 heteroatoms. The van der Waals surface area contributed by atoms with Gasteiger partial charge in [-0.1, -0.05) is 32.4 Å². The number of carbonyl (C=O) groups is 1. The van der Waals surface area contributed by atoms with Gasteiger partial charge in [-0.2, -0.15) is 0 Å². The van der Waals surface area contributed by atoms with Gasteiger partial charge in [0.15, 0.2) is 0 Å². The van der Waals surface area contributed by atoms with Gasteiger partial charge in [0.2, 0.25) is 0 Å². The maximum absolute atomic E-state index is 12.2. The van der Waals surface area contributed by atoms with E-state index in [4.69, 9.17) is 0 Å². The fourth-order valence-corrected chi connectivity index (χ4v) is 7.71. The third kappa shape index (κ3) is 2.14. The second-order valence-electron chi connectivity index (χ2n) is 9.98. The van der Waals surface area contributed by atoms with Crippen LogP contribution in [0, 0.1) is 40.4 Å². The van der Waals surface area contributed by atoms with E-state index in [1.807, 2.05) is 6.92 Å². The summed E-state index contributed by atoms with van der Waals surface area (Å²) in [5, 5.41) is 10.3. The second-order valence-corrected chi connectivity index (χ2v) is 9.98. The number of Topliss-reactive ketones (excluding diaryl/α,β-unsaturated/α-hetero) is 1. The molecule has 2 nitrogen and oxygen atoms in total. The standard InChI is InChI=1S/C22H34O2/c1-13-12-22(4)15(11-20(13)24)5-6-16-18-8-7-17(14(2)23)21(18,3)10-9-19(16)22/h11,13,16-20,24H,5-10,12H2,1-4H3/t13-,16-,17+,18-,19-,20-,21+,22-/m0/s1. The molecule has 1 N–H and O–H groups in total. The van der Waals surface area contributed by atoms with Crippen molar-refractivity contribution in [2.75, 3.05) is 0 Å². The van der Waals surface area contributed by atoms with Crippen LogP contribution in [0.25, 0.3) is 0 Å². The average molecular weight is 331 g/mol. The third-order valence-corrected chi connectivity index (χ3v) is 8.93. The molecule has 0 aromatic carbocycles. The maximum Gasteiger partial charge on any atom is 0.133 e. The lowest BCUT2D eigenvalue weighted by Gasteiger charge is -2.59. The van der Waals surface area contributed by atoms with E-state index in [0.717, 1.165) is 30.6 Å². The summed E-state index contributed by atoms with van der Waals surface area (Å²) in [6.07, 6.45) is 10.4. The molecule has 3 saturated carbocycles. The minimum absolute atomic E-state index is 0.243. The Hall–Kier alpha value is -0.630. The number of rotatable bonds is 1. The van der Waals surface area contributed by atoms with E-state index >= 15 is 0 Å². The molecule has 134 valence electrons. The molecule has 0 aromatic heterocycles. The molecule has 0 unspecified atom stereocenters. The Morgan fingerprint density at radius 3 is 2.62 bits per heavy atom. The second kappa shape index (κ2) is 5.43. The Morgan fingerprint density at radius 2 is 1.92 bits per heavy atom. The van der Waals surface area contributed by atoms with Gasteiger partial charge >= 0.3 is 0 Å². The summed E-state index contributed by atoms with van der Waals surface area (Å²) in [5.74, 6) is 3.40. The fourth-order valence-electron chi connectivity index (χ4n) is 7.71. The number of hydrogen-bond acceptors (Lipinski definition) is 2. The first-order valence-corrected chi connectivity index (χ1v) is 10.2. The molecule has 4 aliphatic carbocycles. The quantitative estimate of drug-likeness (QED) is 0.704. The molecular formula is C22H34O2. The summed E-state index contributed by atoms with van der Waals surface area (Å²) >= 11 is 0. The van der Waals surface area contributed by atoms with Gasteiger partial charge in [-0.05, 0) is 86.4 Å². The van der Waals surface area contributed by atoms with Crippen molar-refractivity contribution in [3.8, 4) is 0 Å². The number of ketones is 1. The minimum Gasteiger partial charge on any atom is -0.389 e. The molecule has 4 rings (SSSR count). The molecular weight excluding hydrogens is 296 g/mol. The molecule has 0 amide bonds. The monoisotopic (exact) mass is 330 g/mol. The normalized spacial score (nSPS) is 53.6. The molecule has 0 spiro atoms. The first-order chi connectivity index (χ1) is 11.3. The topological polar surface area (TPSA) is 37.3 Å². The summed E-state index contributed by atoms with van der Waals surface area (Å²) in [7, 11) is 0. The first-order valence-electron chi connectivity index (χ1n) is 10.2. The van der Waals surface area contributed by atoms with Gasteiger partial charge in [0, 0.05) is 5.92 Å². The smallest absolute Gasteiger partial charge is 0.133 e. The highest BCUT2D eigenvalue weighted by atomic mass is 16.3. The van der Waals surface area contributed by atoms with Gasteiger partial charge in [0.25, 0.3) is 0 Å². The van der Waals surface area contributed by atoms with Crippen LogP contribution in [0.4, 0.5) is 0 Å². The van der Waals surface area contributed by atoms with Crippen molar-refractivity contribution in [2.45, 2.75) is 78.7 Å². The molecule has 0 aliphatic heterocycles. The van der Waals surface area contributed by atoms with E-state index in [9.17, 15) is 9.90 Å². The van der Waals surface area contributed by atoms with E-state index < -0.39 is 0 Å². The molecule has 4 aliphatic rings. The van der Waals surface area contributed by atoms with Crippen molar-refractivity contribution in [1.29, 1.82) is 0 Å². The number of hydrogen-bond donors (Lipinski definition) is 1. The molecule has 0 saturated heterocycles. The lowest BCUT2D eigenvalue weighted by atomic mass is 9.46. The number of aliphatic hydroxyl groups is 1. The summed E-state index contributed by atoms with van der Waals surface area (Å²) in [4.78, 5) is 12.2. The Labute approximate surface area is 147 Å². The fraction of sp³-hybridized carbons (Fsp3) is 0.864. The van der Waals surface area contributed by atoms with Crippen molar-refractivity contribution >= 4 is 5.78 Å². The highest BCUT2D eigenvalue weighted by Gasteiger charge is 2.59. The predicted octanol–water partition coefficient (Wildman–Crippen LogP) is 4.76. The van der Waals surface area contributed by atoms with Crippen molar-refractivity contribution in [3.05, 3.63) is 11.6 Å². The Balaban J connectivity index is 1.67. The van der Waals surface area contributed by atoms with Gasteiger partial charge < -0.3 is 5.11 Å². The van der Waals surface area contributed by atoms with E-state index in [1.165, 1.54) is 32.1 Å². The Morgan fingerprint density at radius 1 is 1.17 bits per heavy atom. The van der Waals surface area contributed by atoms with Crippen LogP contribution in [0.2, 0.25) is 0 Å². The zero-order chi connectivity index (χ0) is 17.3. The highest BCUT2D eigenvalue weighted by Crippen LogP contribution is 2.67. The van der Waals surface area contributed by atoms with Crippen LogP contribution in [0.1, 0.15) is 72.6 Å². The SMILES string of the molecule is CC(=O)[C@H]1CC[C@H]2[C@@H]3CCC4=C[C@H](O)[C@@H](C)C[C@]4(C)[C@H]3CC[C@]12C. The van der Waals surface area contributed by atoms with Crippen LogP contribution in [-0.2, 0) is 4.79 Å². The zero-order valence-corrected chi connectivity index (χ0v) is 15.8. The largest absolute Gasteiger partial charge is 0.389 e. The van der Waals surface area contributed by atoms with Crippen LogP contribution >= 0.6 is 0 Å². The van der Waals surface area contributed by atoms with Crippen molar-refractivity contribution in [2.24, 2.45) is 40.4 Å². The van der Waals surface area contributed by atoms with Crippen LogP contribution in [0.3, 0.4) is 0 Å². The van der Waals surface area contributed by atoms with Crippen molar-refractivity contribution < 1.29 is 9.90 Å². The summed E-state index contributed by atoms with van der Waals surface area (Å²) in [6, 6.07) is 0. The average Bonchev–Trinajstić information content (AvgIpc) is 2.86. The molecule has 0 aromatic rings. The predicted molar refractivity (Wildman–Crippen MR) is 96.4 cm³/mol. The minimum atomic E-state index is -0.243. The molecule has 0 radical (unpaired) electrons. The van der Waals surface area contributed by atoms with E-state index in [-0.39, 0.29) is 16.9 Å². The van der Waals surface area contributed by atoms with Crippen LogP contribution in [-0.4, -0.2) is 17.0 Å². The van der Waals surface area contributed by atoms with E-state index in [1.54, 1.807) is 5.57 Å². The van der Waals surface area contributed by atoms with Crippen LogP contribution < -0.4 is 0 Å². The number of fused-ring (bicyclic) bond motifs is 5. The number of allylic oxidation sites excluding steroid dienone is 1. The first kappa shape index (κ1) is 16.8. The zero-order valence-electron chi connectivity index (χ0n) is 15.8. The van der Waals surface area contributed by atoms with Crippen LogP contribution in [0.5, 0.6) is 0 Å². The van der Waals surface area contributed by atoms with Crippen LogP contribution in [0.15, 0.2) is 11.6 Å². The highest BCUT2D eigenvalue weighted by molar-refractivity contribution is 5.79. The lowest BCUT2D eigenvalue weighted by molar-refractivity contribution is -0.128. The third-order valence-electron chi connectivity index (χ3n) is 8.93. The summed E-state index contributed by atoms with van der Waals surface area (Å²) in [6.45, 7) is 8.94. The molecule has 3 fully saturated rings. The van der Waals surface area contributed by atoms with Crippen molar-refractivity contribution in [3.63, 3.8) is 0 Å². The lowest BCUT2D eigenvalue weighted by Crippen LogP contribution is -2.52. The number of aliphatic hydroxyl groups excluding tert-OH is 1. The van der Waals surface area contributed by atoms with Gasteiger partial charge in [-0.15, -0.1) is 0 Å². The number of carbonyl (C=O) groups excluding carboxylic acids is 1. The molecule has 8 atom stereocenters. The summed E-state index contributed by atoms with van der Waals surface area (Å²) < 4.78 is 0. The Bertz CT molecular complexity index is 579. The maximum atomic E-state index is 12.2. The Kier molecular flexibility index (Phi) is 3.81. The molecule has 24 heavy (non-hydrogen) atoms. The van der Waals surface area contributed by atoms with Crippen molar-refractivity contribution in [1.82, 2.24) is 0 Å².